The predicted octanol–water partition coefficient (Wildman–Crippen LogP) is 3.70. The van der Waals surface area contributed by atoms with Gasteiger partial charge in [0.05, 0.1) is 6.04 Å². The van der Waals surface area contributed by atoms with E-state index in [0.29, 0.717) is 17.4 Å². The number of aromatic nitrogens is 3. The minimum Gasteiger partial charge on any atom is -0.337 e. The van der Waals surface area contributed by atoms with E-state index >= 15 is 0 Å². The summed E-state index contributed by atoms with van der Waals surface area (Å²) < 4.78 is 6.91. The molecule has 0 amide bonds. The lowest BCUT2D eigenvalue weighted by molar-refractivity contribution is 0.312. The molecule has 5 nitrogen and oxygen atoms in total. The van der Waals surface area contributed by atoms with E-state index in [1.54, 1.807) is 6.20 Å². The van der Waals surface area contributed by atoms with Crippen LogP contribution in [0, 0.1) is 5.92 Å². The van der Waals surface area contributed by atoms with Crippen molar-refractivity contribution in [2.24, 2.45) is 11.7 Å². The first kappa shape index (κ1) is 14.6. The minimum absolute atomic E-state index is 0.250. The lowest BCUT2D eigenvalue weighted by Crippen LogP contribution is -2.18. The van der Waals surface area contributed by atoms with Crippen LogP contribution in [0.1, 0.15) is 32.2 Å². The van der Waals surface area contributed by atoms with Crippen molar-refractivity contribution in [2.75, 3.05) is 0 Å². The monoisotopic (exact) mass is 388 g/mol. The Balaban J connectivity index is 2.30. The summed E-state index contributed by atoms with van der Waals surface area (Å²) >= 11 is 6.78. The van der Waals surface area contributed by atoms with Crippen LogP contribution in [0.5, 0.6) is 0 Å². The fourth-order valence-electron chi connectivity index (χ4n) is 1.54. The van der Waals surface area contributed by atoms with Gasteiger partial charge in [0, 0.05) is 15.1 Å². The van der Waals surface area contributed by atoms with Crippen molar-refractivity contribution in [1.29, 1.82) is 0 Å². The molecule has 0 aliphatic carbocycles. The standard InChI is InChI=1S/C12H14Br2N4O/c1-3-6(2)9(15)12-17-11(18-19-12)10-8(14)4-7(13)5-16-10/h4-6,9H,3,15H2,1-2H3/t6-,9-/m0/s1. The molecule has 0 aromatic carbocycles. The van der Waals surface area contributed by atoms with E-state index in [0.717, 1.165) is 15.4 Å². The molecule has 0 fully saturated rings. The fraction of sp³-hybridized carbons (Fsp3) is 0.417. The van der Waals surface area contributed by atoms with Gasteiger partial charge in [-0.25, -0.2) is 0 Å². The highest BCUT2D eigenvalue weighted by atomic mass is 79.9. The Morgan fingerprint density at radius 3 is 2.79 bits per heavy atom. The van der Waals surface area contributed by atoms with Gasteiger partial charge in [-0.2, -0.15) is 4.98 Å². The Morgan fingerprint density at radius 1 is 1.42 bits per heavy atom. The van der Waals surface area contributed by atoms with E-state index in [9.17, 15) is 0 Å². The molecule has 0 saturated carbocycles. The van der Waals surface area contributed by atoms with Gasteiger partial charge >= 0.3 is 0 Å². The summed E-state index contributed by atoms with van der Waals surface area (Å²) in [4.78, 5) is 8.60. The van der Waals surface area contributed by atoms with Crippen LogP contribution in [0.3, 0.4) is 0 Å². The molecule has 0 bridgehead atoms. The lowest BCUT2D eigenvalue weighted by Gasteiger charge is -2.12. The van der Waals surface area contributed by atoms with Gasteiger partial charge < -0.3 is 10.3 Å². The summed E-state index contributed by atoms with van der Waals surface area (Å²) in [5.74, 6) is 1.17. The zero-order chi connectivity index (χ0) is 14.0. The largest absolute Gasteiger partial charge is 0.337 e. The van der Waals surface area contributed by atoms with Gasteiger partial charge in [-0.1, -0.05) is 25.4 Å². The first-order chi connectivity index (χ1) is 9.02. The van der Waals surface area contributed by atoms with Gasteiger partial charge in [-0.3, -0.25) is 4.98 Å². The predicted molar refractivity (Wildman–Crippen MR) is 79.3 cm³/mol. The molecule has 0 spiro atoms. The molecule has 0 aliphatic heterocycles. The second-order valence-corrected chi connectivity index (χ2v) is 6.12. The molecule has 0 saturated heterocycles. The third kappa shape index (κ3) is 3.21. The van der Waals surface area contributed by atoms with Crippen molar-refractivity contribution in [1.82, 2.24) is 15.1 Å². The number of nitrogens with two attached hydrogens (primary N) is 1. The Kier molecular flexibility index (Phi) is 4.70. The number of rotatable bonds is 4. The molecule has 102 valence electrons. The van der Waals surface area contributed by atoms with E-state index in [4.69, 9.17) is 10.3 Å². The quantitative estimate of drug-likeness (QED) is 0.862. The summed E-state index contributed by atoms with van der Waals surface area (Å²) in [5, 5.41) is 3.94. The number of nitrogens with zero attached hydrogens (tertiary/aromatic N) is 3. The SMILES string of the molecule is CC[C@H](C)[C@H](N)c1nc(-c2ncc(Br)cc2Br)no1. The maximum atomic E-state index is 6.07. The summed E-state index contributed by atoms with van der Waals surface area (Å²) in [6.07, 6.45) is 2.64. The highest BCUT2D eigenvalue weighted by molar-refractivity contribution is 9.11. The van der Waals surface area contributed by atoms with Gasteiger partial charge in [0.25, 0.3) is 0 Å². The number of halogens is 2. The van der Waals surface area contributed by atoms with Crippen molar-refractivity contribution >= 4 is 31.9 Å². The number of hydrogen-bond donors (Lipinski definition) is 1. The molecule has 19 heavy (non-hydrogen) atoms. The Labute approximate surface area is 128 Å². The minimum atomic E-state index is -0.250. The fourth-order valence-corrected chi connectivity index (χ4v) is 2.71. The molecule has 0 aliphatic rings. The Hall–Kier alpha value is -0.790. The van der Waals surface area contributed by atoms with Crippen LogP contribution in [-0.2, 0) is 0 Å². The van der Waals surface area contributed by atoms with Crippen LogP contribution >= 0.6 is 31.9 Å². The third-order valence-corrected chi connectivity index (χ3v) is 4.04. The molecule has 2 atom stereocenters. The Bertz CT molecular complexity index is 573. The normalized spacial score (nSPS) is 14.4. The maximum Gasteiger partial charge on any atom is 0.244 e. The van der Waals surface area contributed by atoms with Gasteiger partial charge in [-0.05, 0) is 43.8 Å². The molecule has 0 unspecified atom stereocenters. The second-order valence-electron chi connectivity index (χ2n) is 4.35. The molecule has 2 aromatic rings. The van der Waals surface area contributed by atoms with Crippen LogP contribution in [0.2, 0.25) is 0 Å². The summed E-state index contributed by atoms with van der Waals surface area (Å²) in [5.41, 5.74) is 6.70. The van der Waals surface area contributed by atoms with Crippen molar-refractivity contribution in [3.63, 3.8) is 0 Å². The van der Waals surface area contributed by atoms with Crippen LogP contribution in [0.15, 0.2) is 25.7 Å². The molecule has 0 radical (unpaired) electrons. The van der Waals surface area contributed by atoms with E-state index in [-0.39, 0.29) is 12.0 Å². The zero-order valence-corrected chi connectivity index (χ0v) is 13.8. The average Bonchev–Trinajstić information content (AvgIpc) is 2.86. The van der Waals surface area contributed by atoms with Crippen LogP contribution < -0.4 is 5.73 Å². The van der Waals surface area contributed by atoms with Crippen molar-refractivity contribution in [2.45, 2.75) is 26.3 Å². The van der Waals surface area contributed by atoms with E-state index in [1.165, 1.54) is 0 Å². The molecular formula is C12H14Br2N4O. The first-order valence-electron chi connectivity index (χ1n) is 5.93. The van der Waals surface area contributed by atoms with Crippen molar-refractivity contribution < 1.29 is 4.52 Å². The van der Waals surface area contributed by atoms with Crippen LogP contribution in [0.4, 0.5) is 0 Å². The van der Waals surface area contributed by atoms with Gasteiger partial charge in [0.1, 0.15) is 5.69 Å². The molecule has 2 heterocycles. The zero-order valence-electron chi connectivity index (χ0n) is 10.6. The van der Waals surface area contributed by atoms with E-state index < -0.39 is 0 Å². The third-order valence-electron chi connectivity index (χ3n) is 3.00. The highest BCUT2D eigenvalue weighted by Gasteiger charge is 2.21. The number of pyridine rings is 1. The van der Waals surface area contributed by atoms with Gasteiger partial charge in [0.2, 0.25) is 11.7 Å². The molecule has 2 N–H and O–H groups in total. The van der Waals surface area contributed by atoms with Crippen LogP contribution in [0.25, 0.3) is 11.5 Å². The van der Waals surface area contributed by atoms with Gasteiger partial charge in [0.15, 0.2) is 0 Å². The van der Waals surface area contributed by atoms with Crippen molar-refractivity contribution in [3.05, 3.63) is 27.1 Å². The molecular weight excluding hydrogens is 376 g/mol. The van der Waals surface area contributed by atoms with Crippen LogP contribution in [-0.4, -0.2) is 15.1 Å². The van der Waals surface area contributed by atoms with Gasteiger partial charge in [-0.15, -0.1) is 0 Å². The summed E-state index contributed by atoms with van der Waals surface area (Å²) in [7, 11) is 0. The lowest BCUT2D eigenvalue weighted by atomic mass is 10.0. The number of hydrogen-bond acceptors (Lipinski definition) is 5. The van der Waals surface area contributed by atoms with E-state index in [2.05, 4.69) is 60.8 Å². The average molecular weight is 390 g/mol. The summed E-state index contributed by atoms with van der Waals surface area (Å²) in [6, 6.07) is 1.63. The molecule has 2 aromatic heterocycles. The smallest absolute Gasteiger partial charge is 0.244 e. The molecule has 7 heteroatoms. The van der Waals surface area contributed by atoms with Crippen molar-refractivity contribution in [3.8, 4) is 11.5 Å². The summed E-state index contributed by atoms with van der Waals surface area (Å²) in [6.45, 7) is 4.14. The highest BCUT2D eigenvalue weighted by Crippen LogP contribution is 2.28. The topological polar surface area (TPSA) is 77.8 Å². The first-order valence-corrected chi connectivity index (χ1v) is 7.52. The molecule has 2 rings (SSSR count). The second kappa shape index (κ2) is 6.11. The van der Waals surface area contributed by atoms with E-state index in [1.807, 2.05) is 6.07 Å². The maximum absolute atomic E-state index is 6.07. The Morgan fingerprint density at radius 2 is 2.16 bits per heavy atom.